The summed E-state index contributed by atoms with van der Waals surface area (Å²) in [5, 5.41) is 6.06. The van der Waals surface area contributed by atoms with Gasteiger partial charge in [-0.1, -0.05) is 54.5 Å². The number of carbonyl (C=O) groups excluding carboxylic acids is 2. The number of allylic oxidation sites excluding steroid dienone is 1. The standard InChI is InChI=1S/C12H23N3O2.C6H8O.C3H8S.C3H8/c1-8(14-9(16)5-13)10(17)15-12(4)6-11(2,3)7-12;1-2-6-4-3-5-7-6;1-3(2)4;1-3-2/h8H,5-7,13H2,1-4H3,(H,14,16)(H,15,17);2,4H,1,3,5H2;3-4H,1-2H3;3H2,1-2H3. The van der Waals surface area contributed by atoms with E-state index < -0.39 is 6.04 Å². The molecule has 1 heterocycles. The van der Waals surface area contributed by atoms with Gasteiger partial charge in [-0.25, -0.2) is 0 Å². The van der Waals surface area contributed by atoms with Crippen LogP contribution in [0.25, 0.3) is 0 Å². The predicted octanol–water partition coefficient (Wildman–Crippen LogP) is 4.36. The molecule has 0 spiro atoms. The molecule has 7 heteroatoms. The molecule has 2 amide bonds. The smallest absolute Gasteiger partial charge is 0.242 e. The molecule has 1 saturated carbocycles. The van der Waals surface area contributed by atoms with E-state index in [9.17, 15) is 9.59 Å². The minimum Gasteiger partial charge on any atom is -0.494 e. The molecule has 1 fully saturated rings. The molecule has 0 radical (unpaired) electrons. The largest absolute Gasteiger partial charge is 0.494 e. The maximum atomic E-state index is 11.8. The number of ether oxygens (including phenoxy) is 1. The third-order valence-electron chi connectivity index (χ3n) is 4.05. The Morgan fingerprint density at radius 3 is 2.03 bits per heavy atom. The SMILES string of the molecule is C=CC1=CCCO1.CC(C)S.CC(NC(=O)CN)C(=O)NC1(C)CC(C)(C)C1.CCC. The van der Waals surface area contributed by atoms with Crippen LogP contribution in [0.15, 0.2) is 24.5 Å². The molecule has 1 aliphatic heterocycles. The molecule has 1 aliphatic carbocycles. The molecule has 0 aromatic heterocycles. The summed E-state index contributed by atoms with van der Waals surface area (Å²) in [5.74, 6) is 0.469. The summed E-state index contributed by atoms with van der Waals surface area (Å²) in [6.45, 7) is 20.7. The fourth-order valence-electron chi connectivity index (χ4n) is 3.50. The molecule has 0 saturated heterocycles. The van der Waals surface area contributed by atoms with E-state index in [2.05, 4.69) is 57.5 Å². The van der Waals surface area contributed by atoms with Gasteiger partial charge in [0.25, 0.3) is 0 Å². The lowest BCUT2D eigenvalue weighted by molar-refractivity contribution is -0.131. The van der Waals surface area contributed by atoms with Crippen molar-refractivity contribution in [1.82, 2.24) is 10.6 Å². The van der Waals surface area contributed by atoms with Crippen molar-refractivity contribution in [3.05, 3.63) is 24.5 Å². The van der Waals surface area contributed by atoms with Crippen molar-refractivity contribution in [3.8, 4) is 0 Å². The lowest BCUT2D eigenvalue weighted by atomic mass is 9.60. The Bertz CT molecular complexity index is 564. The summed E-state index contributed by atoms with van der Waals surface area (Å²) >= 11 is 3.97. The van der Waals surface area contributed by atoms with E-state index in [1.807, 2.05) is 26.8 Å². The molecule has 2 rings (SSSR count). The molecule has 2 aliphatic rings. The minimum atomic E-state index is -0.536. The van der Waals surface area contributed by atoms with Gasteiger partial charge in [0.05, 0.1) is 13.2 Å². The lowest BCUT2D eigenvalue weighted by Gasteiger charge is -2.51. The average Bonchev–Trinajstić information content (AvgIpc) is 3.14. The zero-order valence-corrected chi connectivity index (χ0v) is 21.9. The quantitative estimate of drug-likeness (QED) is 0.461. The van der Waals surface area contributed by atoms with E-state index in [4.69, 9.17) is 10.5 Å². The second kappa shape index (κ2) is 16.2. The molecule has 6 nitrogen and oxygen atoms in total. The summed E-state index contributed by atoms with van der Waals surface area (Å²) in [4.78, 5) is 22.9. The minimum absolute atomic E-state index is 0.0953. The second-order valence-corrected chi connectivity index (χ2v) is 10.3. The number of carbonyl (C=O) groups is 2. The van der Waals surface area contributed by atoms with Crippen LogP contribution in [-0.2, 0) is 14.3 Å². The Labute approximate surface area is 196 Å². The molecular weight excluding hydrogens is 410 g/mol. The first-order chi connectivity index (χ1) is 14.3. The Hall–Kier alpha value is -1.47. The Balaban J connectivity index is 0. The third-order valence-corrected chi connectivity index (χ3v) is 4.05. The molecule has 0 aromatic carbocycles. The third kappa shape index (κ3) is 16.8. The first-order valence-electron chi connectivity index (χ1n) is 11.2. The van der Waals surface area contributed by atoms with E-state index in [0.29, 0.717) is 10.7 Å². The summed E-state index contributed by atoms with van der Waals surface area (Å²) < 4.78 is 5.05. The molecule has 4 N–H and O–H groups in total. The van der Waals surface area contributed by atoms with Gasteiger partial charge in [-0.3, -0.25) is 9.59 Å². The van der Waals surface area contributed by atoms with Crippen molar-refractivity contribution in [2.75, 3.05) is 13.2 Å². The van der Waals surface area contributed by atoms with Crippen LogP contribution >= 0.6 is 12.6 Å². The molecule has 182 valence electrons. The first kappa shape index (κ1) is 31.7. The number of thiol groups is 1. The lowest BCUT2D eigenvalue weighted by Crippen LogP contribution is -2.61. The van der Waals surface area contributed by atoms with Crippen LogP contribution in [0.4, 0.5) is 0 Å². The predicted molar refractivity (Wildman–Crippen MR) is 135 cm³/mol. The zero-order valence-electron chi connectivity index (χ0n) is 21.0. The van der Waals surface area contributed by atoms with E-state index in [-0.39, 0.29) is 23.9 Å². The second-order valence-electron chi connectivity index (χ2n) is 9.31. The highest BCUT2D eigenvalue weighted by Gasteiger charge is 2.46. The molecule has 1 atom stereocenters. The van der Waals surface area contributed by atoms with E-state index in [0.717, 1.165) is 31.6 Å². The van der Waals surface area contributed by atoms with Gasteiger partial charge in [0.2, 0.25) is 11.8 Å². The number of hydrogen-bond acceptors (Lipinski definition) is 5. The fourth-order valence-corrected chi connectivity index (χ4v) is 3.50. The van der Waals surface area contributed by atoms with Crippen molar-refractivity contribution < 1.29 is 14.3 Å². The van der Waals surface area contributed by atoms with Gasteiger partial charge in [-0.05, 0) is 49.5 Å². The monoisotopic (exact) mass is 457 g/mol. The number of nitrogens with one attached hydrogen (secondary N) is 2. The number of amides is 2. The van der Waals surface area contributed by atoms with Gasteiger partial charge in [0.1, 0.15) is 11.8 Å². The highest BCUT2D eigenvalue weighted by molar-refractivity contribution is 7.80. The summed E-state index contributed by atoms with van der Waals surface area (Å²) in [7, 11) is 0. The molecule has 0 aromatic rings. The number of rotatable bonds is 5. The number of hydrogen-bond donors (Lipinski definition) is 4. The zero-order chi connectivity index (χ0) is 24.7. The molecular formula is C24H47N3O3S. The fraction of sp³-hybridized carbons (Fsp3) is 0.750. The maximum Gasteiger partial charge on any atom is 0.242 e. The van der Waals surface area contributed by atoms with E-state index in [1.54, 1.807) is 13.0 Å². The topological polar surface area (TPSA) is 93.4 Å². The van der Waals surface area contributed by atoms with Gasteiger partial charge < -0.3 is 21.1 Å². The Kier molecular flexibility index (Phi) is 16.6. The summed E-state index contributed by atoms with van der Waals surface area (Å²) in [6, 6.07) is -0.536. The number of nitrogens with two attached hydrogens (primary N) is 1. The Morgan fingerprint density at radius 1 is 1.26 bits per heavy atom. The van der Waals surface area contributed by atoms with Gasteiger partial charge >= 0.3 is 0 Å². The van der Waals surface area contributed by atoms with Crippen molar-refractivity contribution in [2.24, 2.45) is 11.1 Å². The highest BCUT2D eigenvalue weighted by atomic mass is 32.1. The van der Waals surface area contributed by atoms with Crippen molar-refractivity contribution in [1.29, 1.82) is 0 Å². The van der Waals surface area contributed by atoms with Crippen LogP contribution < -0.4 is 16.4 Å². The van der Waals surface area contributed by atoms with Crippen LogP contribution in [-0.4, -0.2) is 41.8 Å². The van der Waals surface area contributed by atoms with E-state index in [1.165, 1.54) is 6.42 Å². The average molecular weight is 458 g/mol. The molecule has 31 heavy (non-hydrogen) atoms. The van der Waals surface area contributed by atoms with Crippen LogP contribution in [0, 0.1) is 5.41 Å². The normalized spacial score (nSPS) is 18.0. The molecule has 0 bridgehead atoms. The molecule has 1 unspecified atom stereocenters. The van der Waals surface area contributed by atoms with Gasteiger partial charge in [-0.15, -0.1) is 0 Å². The van der Waals surface area contributed by atoms with E-state index >= 15 is 0 Å². The summed E-state index contributed by atoms with van der Waals surface area (Å²) in [6.07, 6.45) is 7.98. The summed E-state index contributed by atoms with van der Waals surface area (Å²) in [5.41, 5.74) is 5.34. The first-order valence-corrected chi connectivity index (χ1v) is 11.7. The van der Waals surface area contributed by atoms with Crippen LogP contribution in [0.5, 0.6) is 0 Å². The van der Waals surface area contributed by atoms with Crippen molar-refractivity contribution in [3.63, 3.8) is 0 Å². The van der Waals surface area contributed by atoms with Gasteiger partial charge in [-0.2, -0.15) is 12.6 Å². The van der Waals surface area contributed by atoms with Gasteiger partial charge in [0, 0.05) is 12.0 Å². The van der Waals surface area contributed by atoms with Crippen LogP contribution in [0.1, 0.15) is 81.1 Å². The van der Waals surface area contributed by atoms with Crippen molar-refractivity contribution >= 4 is 24.4 Å². The highest BCUT2D eigenvalue weighted by Crippen LogP contribution is 2.47. The van der Waals surface area contributed by atoms with Gasteiger partial charge in [0.15, 0.2) is 0 Å². The van der Waals surface area contributed by atoms with Crippen molar-refractivity contribution in [2.45, 2.75) is 97.9 Å². The Morgan fingerprint density at radius 2 is 1.74 bits per heavy atom. The van der Waals surface area contributed by atoms with Crippen LogP contribution in [0.2, 0.25) is 0 Å². The maximum absolute atomic E-state index is 11.8. The van der Waals surface area contributed by atoms with Crippen LogP contribution in [0.3, 0.4) is 0 Å².